The number of pyridine rings is 2. The number of rotatable bonds is 17. The molecule has 2 saturated carbocycles. The summed E-state index contributed by atoms with van der Waals surface area (Å²) in [6.45, 7) is 9.04. The number of anilines is 2. The van der Waals surface area contributed by atoms with Crippen LogP contribution in [0.5, 0.6) is 5.75 Å². The standard InChI is InChI=1S/C53H62ClF3N12O3/c54-38-10-5-35(6-11-38)32-65-27-19-40(20-28-65)67-30-29-66(52-63-48-45(4-2-22-60-48)49(70)68(52)41-13-14-41)34-42(67)12-9-37-31-46(37)69-50(71)44-3-1-21-59-47(44)62-51(69)61-24-23-58-39-17-25-64(26-18-39)33-36-7-15-43(16-8-36)72-53(55,56)57/h1-8,10-11,15-16,21-22,37,39-42,46,58H,9,12-14,17-20,23-34H2,(H,59,61,62)/t37?,42-,46?/m0/s1. The van der Waals surface area contributed by atoms with E-state index in [9.17, 15) is 22.8 Å². The van der Waals surface area contributed by atoms with Gasteiger partial charge in [0.05, 0.1) is 10.8 Å². The molecule has 2 aliphatic carbocycles. The fourth-order valence-corrected chi connectivity index (χ4v) is 11.6. The minimum atomic E-state index is -4.71. The first-order valence-electron chi connectivity index (χ1n) is 25.8. The average molecular weight is 1010 g/mol. The van der Waals surface area contributed by atoms with E-state index < -0.39 is 6.36 Å². The first-order chi connectivity index (χ1) is 35.0. The van der Waals surface area contributed by atoms with Gasteiger partial charge < -0.3 is 20.3 Å². The maximum absolute atomic E-state index is 14.3. The number of aromatic nitrogens is 6. The van der Waals surface area contributed by atoms with Crippen molar-refractivity contribution in [2.45, 2.75) is 107 Å². The van der Waals surface area contributed by atoms with Crippen molar-refractivity contribution < 1.29 is 17.9 Å². The first-order valence-corrected chi connectivity index (χ1v) is 26.1. The predicted octanol–water partition coefficient (Wildman–Crippen LogP) is 7.65. The van der Waals surface area contributed by atoms with E-state index in [1.165, 1.54) is 17.7 Å². The molecule has 72 heavy (non-hydrogen) atoms. The van der Waals surface area contributed by atoms with Crippen molar-refractivity contribution in [3.63, 3.8) is 0 Å². The molecule has 0 radical (unpaired) electrons. The molecule has 380 valence electrons. The number of hydrogen-bond acceptors (Lipinski definition) is 13. The van der Waals surface area contributed by atoms with Crippen LogP contribution in [0.2, 0.25) is 5.02 Å². The van der Waals surface area contributed by atoms with Crippen LogP contribution in [-0.4, -0.2) is 127 Å². The molecule has 11 rings (SSSR count). The fraction of sp³-hybridized carbons (Fsp3) is 0.509. The Morgan fingerprint density at radius 3 is 1.96 bits per heavy atom. The van der Waals surface area contributed by atoms with Crippen LogP contribution in [0.1, 0.15) is 81.0 Å². The van der Waals surface area contributed by atoms with Crippen LogP contribution in [0.4, 0.5) is 25.1 Å². The lowest BCUT2D eigenvalue weighted by molar-refractivity contribution is -0.274. The van der Waals surface area contributed by atoms with E-state index >= 15 is 0 Å². The van der Waals surface area contributed by atoms with E-state index in [1.807, 2.05) is 39.5 Å². The molecular weight excluding hydrogens is 945 g/mol. The van der Waals surface area contributed by atoms with Gasteiger partial charge in [-0.1, -0.05) is 35.9 Å². The number of nitrogens with zero attached hydrogens (tertiary/aromatic N) is 10. The molecule has 3 saturated heterocycles. The molecule has 0 spiro atoms. The largest absolute Gasteiger partial charge is 0.573 e. The molecule has 6 aromatic rings. The zero-order chi connectivity index (χ0) is 49.3. The second-order valence-corrected chi connectivity index (χ2v) is 20.8. The van der Waals surface area contributed by atoms with Gasteiger partial charge in [-0.25, -0.2) is 9.97 Å². The number of ether oxygens (including phenoxy) is 1. The van der Waals surface area contributed by atoms with Crippen LogP contribution in [-0.2, 0) is 13.1 Å². The zero-order valence-corrected chi connectivity index (χ0v) is 41.2. The molecule has 19 heteroatoms. The summed E-state index contributed by atoms with van der Waals surface area (Å²) >= 11 is 6.19. The number of halogens is 4. The highest BCUT2D eigenvalue weighted by molar-refractivity contribution is 6.30. The van der Waals surface area contributed by atoms with E-state index in [4.69, 9.17) is 21.6 Å². The van der Waals surface area contributed by atoms with Crippen LogP contribution in [0.25, 0.3) is 22.1 Å². The van der Waals surface area contributed by atoms with Gasteiger partial charge in [-0.3, -0.25) is 33.4 Å². The summed E-state index contributed by atoms with van der Waals surface area (Å²) in [5.41, 5.74) is 3.07. The smallest absolute Gasteiger partial charge is 0.406 e. The monoisotopic (exact) mass is 1010 g/mol. The molecule has 3 aliphatic heterocycles. The zero-order valence-electron chi connectivity index (χ0n) is 40.4. The molecule has 2 unspecified atom stereocenters. The second-order valence-electron chi connectivity index (χ2n) is 20.4. The van der Waals surface area contributed by atoms with Crippen molar-refractivity contribution in [3.05, 3.63) is 122 Å². The Kier molecular flexibility index (Phi) is 14.2. The van der Waals surface area contributed by atoms with E-state index in [1.54, 1.807) is 30.6 Å². The van der Waals surface area contributed by atoms with Crippen molar-refractivity contribution in [1.82, 2.24) is 49.1 Å². The second kappa shape index (κ2) is 21.1. The summed E-state index contributed by atoms with van der Waals surface area (Å²) in [6.07, 6.45) is 7.48. The number of piperazine rings is 1. The van der Waals surface area contributed by atoms with E-state index in [-0.39, 0.29) is 35.0 Å². The van der Waals surface area contributed by atoms with E-state index in [2.05, 4.69) is 57.1 Å². The third-order valence-electron chi connectivity index (χ3n) is 15.5. The Hall–Kier alpha value is -5.66. The molecule has 5 fully saturated rings. The lowest BCUT2D eigenvalue weighted by atomic mass is 9.96. The molecule has 3 atom stereocenters. The summed E-state index contributed by atoms with van der Waals surface area (Å²) in [4.78, 5) is 57.3. The summed E-state index contributed by atoms with van der Waals surface area (Å²) in [5, 5.41) is 9.04. The summed E-state index contributed by atoms with van der Waals surface area (Å²) in [7, 11) is 0. The molecule has 4 aromatic heterocycles. The van der Waals surface area contributed by atoms with Gasteiger partial charge in [-0.05, 0) is 150 Å². The van der Waals surface area contributed by atoms with Crippen molar-refractivity contribution >= 4 is 45.6 Å². The Morgan fingerprint density at radius 1 is 0.681 bits per heavy atom. The quantitative estimate of drug-likeness (QED) is 0.0866. The van der Waals surface area contributed by atoms with Gasteiger partial charge in [-0.15, -0.1) is 13.2 Å². The molecule has 7 heterocycles. The van der Waals surface area contributed by atoms with Gasteiger partial charge in [0.15, 0.2) is 11.3 Å². The van der Waals surface area contributed by atoms with Crippen LogP contribution in [0, 0.1) is 5.92 Å². The maximum atomic E-state index is 14.3. The third-order valence-corrected chi connectivity index (χ3v) is 15.7. The Labute approximate surface area is 421 Å². The summed E-state index contributed by atoms with van der Waals surface area (Å²) in [6, 6.07) is 22.7. The van der Waals surface area contributed by atoms with Crippen molar-refractivity contribution in [2.75, 3.05) is 69.1 Å². The minimum Gasteiger partial charge on any atom is -0.406 e. The highest BCUT2D eigenvalue weighted by Crippen LogP contribution is 2.48. The van der Waals surface area contributed by atoms with Gasteiger partial charge in [0.2, 0.25) is 11.9 Å². The Morgan fingerprint density at radius 2 is 1.31 bits per heavy atom. The molecule has 0 amide bonds. The summed E-state index contributed by atoms with van der Waals surface area (Å²) in [5.74, 6) is 1.38. The molecule has 5 aliphatic rings. The predicted molar refractivity (Wildman–Crippen MR) is 273 cm³/mol. The number of hydrogen-bond donors (Lipinski definition) is 2. The number of fused-ring (bicyclic) bond motifs is 2. The Bertz CT molecular complexity index is 2960. The lowest BCUT2D eigenvalue weighted by Gasteiger charge is -2.48. The van der Waals surface area contributed by atoms with Gasteiger partial charge in [-0.2, -0.15) is 9.97 Å². The number of alkyl halides is 3. The van der Waals surface area contributed by atoms with Crippen LogP contribution in [0.3, 0.4) is 0 Å². The highest BCUT2D eigenvalue weighted by atomic mass is 35.5. The van der Waals surface area contributed by atoms with Crippen LogP contribution in [0.15, 0.2) is 94.8 Å². The van der Waals surface area contributed by atoms with Crippen LogP contribution >= 0.6 is 11.6 Å². The fourth-order valence-electron chi connectivity index (χ4n) is 11.5. The molecule has 15 nitrogen and oxygen atoms in total. The topological polar surface area (TPSA) is 142 Å². The van der Waals surface area contributed by atoms with Crippen molar-refractivity contribution in [1.29, 1.82) is 0 Å². The lowest BCUT2D eigenvalue weighted by Crippen LogP contribution is -2.59. The normalized spacial score (nSPS) is 21.9. The van der Waals surface area contributed by atoms with Gasteiger partial charge in [0.1, 0.15) is 5.75 Å². The number of benzene rings is 2. The van der Waals surface area contributed by atoms with Gasteiger partial charge in [0, 0.05) is 93.4 Å². The minimum absolute atomic E-state index is 0.00441. The third kappa shape index (κ3) is 11.3. The van der Waals surface area contributed by atoms with Crippen molar-refractivity contribution in [2.24, 2.45) is 5.92 Å². The number of nitrogens with one attached hydrogen (secondary N) is 2. The first kappa shape index (κ1) is 48.6. The number of piperidine rings is 2. The molecule has 2 aromatic carbocycles. The molecular formula is C53H62ClF3N12O3. The van der Waals surface area contributed by atoms with Gasteiger partial charge in [0.25, 0.3) is 11.1 Å². The summed E-state index contributed by atoms with van der Waals surface area (Å²) < 4.78 is 45.7. The van der Waals surface area contributed by atoms with Gasteiger partial charge >= 0.3 is 6.36 Å². The van der Waals surface area contributed by atoms with Crippen LogP contribution < -0.4 is 31.4 Å². The SMILES string of the molecule is O=c1c2cccnc2nc(N2CCN(C3CCN(Cc4ccc(Cl)cc4)CC3)[C@@H](CCC3CC3n3c(NCCNC4CCN(Cc5ccc(OC(F)(F)F)cc5)CC4)nc4ncccc4c3=O)C2)n1C1CC1. The number of likely N-dealkylation sites (tertiary alicyclic amines) is 2. The highest BCUT2D eigenvalue weighted by Gasteiger charge is 2.43. The Balaban J connectivity index is 0.743. The van der Waals surface area contributed by atoms with Crippen molar-refractivity contribution in [3.8, 4) is 5.75 Å². The molecule has 2 N–H and O–H groups in total. The van der Waals surface area contributed by atoms with E-state index in [0.717, 1.165) is 127 Å². The van der Waals surface area contributed by atoms with E-state index in [0.29, 0.717) is 65.7 Å². The molecule has 0 bridgehead atoms. The average Bonchev–Trinajstić information content (AvgIpc) is 4.34. The maximum Gasteiger partial charge on any atom is 0.573 e.